The van der Waals surface area contributed by atoms with Crippen LogP contribution in [0.5, 0.6) is 0 Å². The fourth-order valence-corrected chi connectivity index (χ4v) is 3.67. The molecule has 9 heteroatoms. The van der Waals surface area contributed by atoms with Crippen LogP contribution in [0.1, 0.15) is 47.0 Å². The van der Waals surface area contributed by atoms with Crippen molar-refractivity contribution in [2.75, 3.05) is 37.4 Å². The number of nitrogens with one attached hydrogen (secondary N) is 1. The van der Waals surface area contributed by atoms with Crippen molar-refractivity contribution >= 4 is 29.6 Å². The van der Waals surface area contributed by atoms with Crippen LogP contribution in [0.2, 0.25) is 0 Å². The second-order valence-electron chi connectivity index (χ2n) is 8.54. The Morgan fingerprint density at radius 1 is 1.24 bits per heavy atom. The number of methoxy groups -OCH3 is 1. The van der Waals surface area contributed by atoms with Gasteiger partial charge in [-0.3, -0.25) is 4.79 Å². The maximum absolute atomic E-state index is 11.9. The third-order valence-corrected chi connectivity index (χ3v) is 5.67. The smallest absolute Gasteiger partial charge is 0.407 e. The molecule has 1 aromatic heterocycles. The summed E-state index contributed by atoms with van der Waals surface area (Å²) in [7, 11) is 1.39. The van der Waals surface area contributed by atoms with Gasteiger partial charge >= 0.3 is 12.1 Å². The third kappa shape index (κ3) is 8.08. The lowest BCUT2D eigenvalue weighted by atomic mass is 9.80. The standard InChI is InChI=1S/C20H32N4O4S/c1-19(2,3)28-18(26)23-14-20(4)7-9-24(10-8-20)15-12-22-16(13-21-15)29-11-6-17(25)27-5/h12-13H,6-11,14H2,1-5H3,(H,23,26). The monoisotopic (exact) mass is 424 g/mol. The Hall–Kier alpha value is -2.03. The van der Waals surface area contributed by atoms with Crippen molar-refractivity contribution in [2.24, 2.45) is 5.41 Å². The van der Waals surface area contributed by atoms with Gasteiger partial charge in [0.15, 0.2) is 0 Å². The molecule has 2 heterocycles. The van der Waals surface area contributed by atoms with E-state index in [2.05, 4.69) is 31.8 Å². The van der Waals surface area contributed by atoms with Crippen molar-refractivity contribution in [3.8, 4) is 0 Å². The Morgan fingerprint density at radius 3 is 2.48 bits per heavy atom. The molecular formula is C20H32N4O4S. The zero-order valence-electron chi connectivity index (χ0n) is 18.0. The summed E-state index contributed by atoms with van der Waals surface area (Å²) in [6.07, 6.45) is 5.40. The molecule has 0 saturated carbocycles. The van der Waals surface area contributed by atoms with Crippen molar-refractivity contribution in [1.29, 1.82) is 0 Å². The lowest BCUT2D eigenvalue weighted by Crippen LogP contribution is -2.45. The number of hydrogen-bond acceptors (Lipinski definition) is 8. The van der Waals surface area contributed by atoms with Gasteiger partial charge < -0.3 is 19.7 Å². The second-order valence-corrected chi connectivity index (χ2v) is 9.66. The van der Waals surface area contributed by atoms with Crippen molar-refractivity contribution in [2.45, 2.75) is 57.6 Å². The minimum Gasteiger partial charge on any atom is -0.469 e. The SMILES string of the molecule is COC(=O)CCSc1cnc(N2CCC(C)(CNC(=O)OC(C)(C)C)CC2)cn1. The van der Waals surface area contributed by atoms with E-state index in [1.165, 1.54) is 18.9 Å². The molecule has 0 spiro atoms. The van der Waals surface area contributed by atoms with Gasteiger partial charge in [-0.2, -0.15) is 0 Å². The predicted molar refractivity (Wildman–Crippen MR) is 113 cm³/mol. The number of aromatic nitrogens is 2. The number of carbonyl (C=O) groups is 2. The average molecular weight is 425 g/mol. The van der Waals surface area contributed by atoms with E-state index in [-0.39, 0.29) is 17.5 Å². The molecule has 0 unspecified atom stereocenters. The number of ether oxygens (including phenoxy) is 2. The van der Waals surface area contributed by atoms with Crippen molar-refractivity contribution in [3.05, 3.63) is 12.4 Å². The van der Waals surface area contributed by atoms with Crippen molar-refractivity contribution in [3.63, 3.8) is 0 Å². The molecular weight excluding hydrogens is 392 g/mol. The maximum atomic E-state index is 11.9. The molecule has 1 N–H and O–H groups in total. The molecule has 0 atom stereocenters. The van der Waals surface area contributed by atoms with Crippen LogP contribution in [0.15, 0.2) is 17.4 Å². The first kappa shape index (κ1) is 23.3. The number of rotatable bonds is 7. The van der Waals surface area contributed by atoms with Crippen LogP contribution in [0, 0.1) is 5.41 Å². The number of anilines is 1. The van der Waals surface area contributed by atoms with Crippen molar-refractivity contribution < 1.29 is 19.1 Å². The number of esters is 1. The summed E-state index contributed by atoms with van der Waals surface area (Å²) in [6.45, 7) is 10.1. The molecule has 1 aliphatic rings. The predicted octanol–water partition coefficient (Wildman–Crippen LogP) is 3.26. The highest BCUT2D eigenvalue weighted by Gasteiger charge is 2.31. The van der Waals surface area contributed by atoms with Crippen LogP contribution >= 0.6 is 11.8 Å². The number of hydrogen-bond donors (Lipinski definition) is 1. The lowest BCUT2D eigenvalue weighted by molar-refractivity contribution is -0.140. The van der Waals surface area contributed by atoms with Crippen LogP contribution in [0.25, 0.3) is 0 Å². The summed E-state index contributed by atoms with van der Waals surface area (Å²) >= 11 is 1.49. The second kappa shape index (κ2) is 10.1. The lowest BCUT2D eigenvalue weighted by Gasteiger charge is -2.40. The Kier molecular flexibility index (Phi) is 8.13. The molecule has 0 aliphatic carbocycles. The van der Waals surface area contributed by atoms with Gasteiger partial charge in [-0.05, 0) is 39.0 Å². The fourth-order valence-electron chi connectivity index (χ4n) is 2.94. The molecule has 1 aliphatic heterocycles. The molecule has 162 valence electrons. The van der Waals surface area contributed by atoms with E-state index in [9.17, 15) is 9.59 Å². The van der Waals surface area contributed by atoms with Crippen LogP contribution in [-0.2, 0) is 14.3 Å². The molecule has 0 bridgehead atoms. The van der Waals surface area contributed by atoms with Gasteiger partial charge in [0.1, 0.15) is 16.4 Å². The zero-order valence-corrected chi connectivity index (χ0v) is 18.8. The average Bonchev–Trinajstić information content (AvgIpc) is 2.66. The van der Waals surface area contributed by atoms with Gasteiger partial charge in [0.05, 0.1) is 25.9 Å². The number of nitrogens with zero attached hydrogens (tertiary/aromatic N) is 3. The maximum Gasteiger partial charge on any atom is 0.407 e. The topological polar surface area (TPSA) is 93.7 Å². The Balaban J connectivity index is 1.78. The number of carbonyl (C=O) groups excluding carboxylic acids is 2. The zero-order chi connectivity index (χ0) is 21.5. The Morgan fingerprint density at radius 2 is 1.93 bits per heavy atom. The fraction of sp³-hybridized carbons (Fsp3) is 0.700. The molecule has 8 nitrogen and oxygen atoms in total. The van der Waals surface area contributed by atoms with E-state index in [0.717, 1.165) is 36.8 Å². The molecule has 29 heavy (non-hydrogen) atoms. The van der Waals surface area contributed by atoms with Gasteiger partial charge in [0.25, 0.3) is 0 Å². The molecule has 1 fully saturated rings. The first-order chi connectivity index (χ1) is 13.6. The number of amides is 1. The van der Waals surface area contributed by atoms with Gasteiger partial charge in [0, 0.05) is 25.4 Å². The van der Waals surface area contributed by atoms with Gasteiger partial charge in [-0.1, -0.05) is 6.92 Å². The molecule has 1 aromatic rings. The van der Waals surface area contributed by atoms with E-state index in [0.29, 0.717) is 18.7 Å². The summed E-state index contributed by atoms with van der Waals surface area (Å²) in [6, 6.07) is 0. The number of piperidine rings is 1. The van der Waals surface area contributed by atoms with Crippen LogP contribution < -0.4 is 10.2 Å². The summed E-state index contributed by atoms with van der Waals surface area (Å²) in [5.41, 5.74) is -0.457. The van der Waals surface area contributed by atoms with Crippen LogP contribution in [0.3, 0.4) is 0 Å². The largest absolute Gasteiger partial charge is 0.469 e. The quantitative estimate of drug-likeness (QED) is 0.527. The third-order valence-electron chi connectivity index (χ3n) is 4.75. The van der Waals surface area contributed by atoms with Crippen LogP contribution in [0.4, 0.5) is 10.6 Å². The molecule has 1 saturated heterocycles. The summed E-state index contributed by atoms with van der Waals surface area (Å²) in [5, 5.41) is 3.69. The Labute approximate surface area is 177 Å². The molecule has 1 amide bonds. The number of alkyl carbamates (subject to hydrolysis) is 1. The van der Waals surface area contributed by atoms with E-state index in [1.807, 2.05) is 20.8 Å². The van der Waals surface area contributed by atoms with E-state index in [1.54, 1.807) is 12.4 Å². The molecule has 0 aromatic carbocycles. The van der Waals surface area contributed by atoms with Gasteiger partial charge in [-0.15, -0.1) is 11.8 Å². The highest BCUT2D eigenvalue weighted by molar-refractivity contribution is 7.99. The summed E-state index contributed by atoms with van der Waals surface area (Å²) < 4.78 is 9.95. The normalized spacial score (nSPS) is 16.2. The van der Waals surface area contributed by atoms with Gasteiger partial charge in [-0.25, -0.2) is 14.8 Å². The van der Waals surface area contributed by atoms with Crippen LogP contribution in [-0.4, -0.2) is 60.1 Å². The minimum atomic E-state index is -0.489. The first-order valence-corrected chi connectivity index (χ1v) is 10.8. The first-order valence-electron chi connectivity index (χ1n) is 9.84. The Bertz CT molecular complexity index is 683. The summed E-state index contributed by atoms with van der Waals surface area (Å²) in [5.74, 6) is 1.25. The van der Waals surface area contributed by atoms with Gasteiger partial charge in [0.2, 0.25) is 0 Å². The van der Waals surface area contributed by atoms with E-state index in [4.69, 9.17) is 4.74 Å². The molecule has 0 radical (unpaired) electrons. The van der Waals surface area contributed by atoms with E-state index < -0.39 is 5.60 Å². The minimum absolute atomic E-state index is 0.0323. The highest BCUT2D eigenvalue weighted by atomic mass is 32.2. The van der Waals surface area contributed by atoms with Crippen molar-refractivity contribution in [1.82, 2.24) is 15.3 Å². The highest BCUT2D eigenvalue weighted by Crippen LogP contribution is 2.32. The number of thioether (sulfide) groups is 1. The van der Waals surface area contributed by atoms with E-state index >= 15 is 0 Å². The molecule has 2 rings (SSSR count). The summed E-state index contributed by atoms with van der Waals surface area (Å²) in [4.78, 5) is 34.2.